The van der Waals surface area contributed by atoms with Gasteiger partial charge in [0.25, 0.3) is 0 Å². The molecule has 23 heavy (non-hydrogen) atoms. The molecule has 3 rings (SSSR count). The molecule has 0 radical (unpaired) electrons. The molecule has 0 saturated heterocycles. The number of carbonyl (C=O) groups is 1. The molecular weight excluding hydrogens is 308 g/mol. The van der Waals surface area contributed by atoms with Gasteiger partial charge in [-0.1, -0.05) is 42.1 Å². The zero-order valence-electron chi connectivity index (χ0n) is 13.3. The predicted octanol–water partition coefficient (Wildman–Crippen LogP) is 2.91. The second-order valence-corrected chi connectivity index (χ2v) is 7.00. The normalized spacial score (nSPS) is 15.3. The summed E-state index contributed by atoms with van der Waals surface area (Å²) >= 11 is 1.39. The molecule has 1 aromatic heterocycles. The first kappa shape index (κ1) is 16.1. The van der Waals surface area contributed by atoms with Crippen LogP contribution in [0.25, 0.3) is 0 Å². The van der Waals surface area contributed by atoms with Crippen molar-refractivity contribution in [3.05, 3.63) is 41.7 Å². The lowest BCUT2D eigenvalue weighted by atomic mass is 10.1. The van der Waals surface area contributed by atoms with E-state index in [1.807, 2.05) is 25.1 Å². The van der Waals surface area contributed by atoms with Crippen molar-refractivity contribution in [2.24, 2.45) is 0 Å². The van der Waals surface area contributed by atoms with Crippen molar-refractivity contribution in [2.75, 3.05) is 5.75 Å². The third kappa shape index (κ3) is 5.10. The molecule has 2 N–H and O–H groups in total. The van der Waals surface area contributed by atoms with Gasteiger partial charge in [0, 0.05) is 12.0 Å². The van der Waals surface area contributed by atoms with E-state index < -0.39 is 0 Å². The van der Waals surface area contributed by atoms with Gasteiger partial charge in [0.2, 0.25) is 11.1 Å². The van der Waals surface area contributed by atoms with Gasteiger partial charge in [-0.3, -0.25) is 9.89 Å². The number of rotatable bonds is 8. The lowest BCUT2D eigenvalue weighted by Crippen LogP contribution is -2.34. The zero-order valence-corrected chi connectivity index (χ0v) is 14.1. The number of hydrogen-bond donors (Lipinski definition) is 2. The SMILES string of the molecule is CC(CCc1ccccc1)NC(=O)CSc1n[nH]c(C2CC2)n1. The Hall–Kier alpha value is -1.82. The number of amides is 1. The van der Waals surface area contributed by atoms with Crippen LogP contribution >= 0.6 is 11.8 Å². The van der Waals surface area contributed by atoms with Gasteiger partial charge in [-0.15, -0.1) is 5.10 Å². The monoisotopic (exact) mass is 330 g/mol. The van der Waals surface area contributed by atoms with Crippen LogP contribution in [0, 0.1) is 0 Å². The van der Waals surface area contributed by atoms with E-state index in [0.29, 0.717) is 16.8 Å². The molecule has 2 aromatic rings. The third-order valence-corrected chi connectivity index (χ3v) is 4.74. The largest absolute Gasteiger partial charge is 0.353 e. The summed E-state index contributed by atoms with van der Waals surface area (Å²) in [6.45, 7) is 2.05. The van der Waals surface area contributed by atoms with Crippen LogP contribution in [0.15, 0.2) is 35.5 Å². The van der Waals surface area contributed by atoms with E-state index in [9.17, 15) is 4.79 Å². The quantitative estimate of drug-likeness (QED) is 0.730. The highest BCUT2D eigenvalue weighted by Gasteiger charge is 2.27. The standard InChI is InChI=1S/C17H22N4OS/c1-12(7-8-13-5-3-2-4-6-13)18-15(22)11-23-17-19-16(20-21-17)14-9-10-14/h2-6,12,14H,7-11H2,1H3,(H,18,22)(H,19,20,21). The summed E-state index contributed by atoms with van der Waals surface area (Å²) in [6, 6.07) is 10.5. The lowest BCUT2D eigenvalue weighted by Gasteiger charge is -2.13. The summed E-state index contributed by atoms with van der Waals surface area (Å²) in [7, 11) is 0. The number of hydrogen-bond acceptors (Lipinski definition) is 4. The highest BCUT2D eigenvalue weighted by atomic mass is 32.2. The van der Waals surface area contributed by atoms with Gasteiger partial charge in [0.15, 0.2) is 0 Å². The summed E-state index contributed by atoms with van der Waals surface area (Å²) in [5.41, 5.74) is 1.30. The number of carbonyl (C=O) groups excluding carboxylic acids is 1. The zero-order chi connectivity index (χ0) is 16.1. The van der Waals surface area contributed by atoms with Gasteiger partial charge in [-0.2, -0.15) is 0 Å². The van der Waals surface area contributed by atoms with Crippen molar-refractivity contribution in [2.45, 2.75) is 49.7 Å². The van der Waals surface area contributed by atoms with Crippen LogP contribution in [-0.4, -0.2) is 32.9 Å². The number of aromatic amines is 1. The number of thioether (sulfide) groups is 1. The Bertz CT molecular complexity index is 639. The van der Waals surface area contributed by atoms with E-state index >= 15 is 0 Å². The first-order valence-corrected chi connectivity index (χ1v) is 9.07. The summed E-state index contributed by atoms with van der Waals surface area (Å²) in [5.74, 6) is 1.92. The molecule has 1 heterocycles. The van der Waals surface area contributed by atoms with Gasteiger partial charge in [-0.25, -0.2) is 4.98 Å². The van der Waals surface area contributed by atoms with Gasteiger partial charge >= 0.3 is 0 Å². The Labute approximate surface area is 140 Å². The van der Waals surface area contributed by atoms with Gasteiger partial charge in [0.1, 0.15) is 5.82 Å². The molecule has 1 amide bonds. The van der Waals surface area contributed by atoms with Gasteiger partial charge in [-0.05, 0) is 38.2 Å². The number of nitrogens with zero attached hydrogens (tertiary/aromatic N) is 2. The molecule has 1 aliphatic carbocycles. The smallest absolute Gasteiger partial charge is 0.230 e. The van der Waals surface area contributed by atoms with Crippen molar-refractivity contribution in [1.82, 2.24) is 20.5 Å². The molecule has 5 nitrogen and oxygen atoms in total. The molecule has 6 heteroatoms. The fourth-order valence-electron chi connectivity index (χ4n) is 2.41. The Kier molecular flexibility index (Phi) is 5.33. The van der Waals surface area contributed by atoms with Crippen LogP contribution in [0.4, 0.5) is 0 Å². The highest BCUT2D eigenvalue weighted by molar-refractivity contribution is 7.99. The van der Waals surface area contributed by atoms with Crippen LogP contribution in [0.2, 0.25) is 0 Å². The average Bonchev–Trinajstić information content (AvgIpc) is 3.31. The van der Waals surface area contributed by atoms with Crippen LogP contribution in [-0.2, 0) is 11.2 Å². The topological polar surface area (TPSA) is 70.7 Å². The molecule has 1 atom stereocenters. The Balaban J connectivity index is 1.36. The molecule has 1 fully saturated rings. The number of nitrogens with one attached hydrogen (secondary N) is 2. The van der Waals surface area contributed by atoms with Crippen LogP contribution in [0.1, 0.15) is 43.5 Å². The highest BCUT2D eigenvalue weighted by Crippen LogP contribution is 2.38. The minimum atomic E-state index is 0.0355. The van der Waals surface area contributed by atoms with Crippen molar-refractivity contribution in [3.8, 4) is 0 Å². The van der Waals surface area contributed by atoms with Crippen LogP contribution in [0.5, 0.6) is 0 Å². The third-order valence-electron chi connectivity index (χ3n) is 3.89. The molecular formula is C17H22N4OS. The van der Waals surface area contributed by atoms with Gasteiger partial charge < -0.3 is 5.32 Å². The second kappa shape index (κ2) is 7.64. The van der Waals surface area contributed by atoms with Crippen molar-refractivity contribution < 1.29 is 4.79 Å². The predicted molar refractivity (Wildman–Crippen MR) is 91.4 cm³/mol. The van der Waals surface area contributed by atoms with E-state index in [4.69, 9.17) is 0 Å². The lowest BCUT2D eigenvalue weighted by molar-refractivity contribution is -0.119. The maximum absolute atomic E-state index is 12.0. The Morgan fingerprint density at radius 2 is 2.17 bits per heavy atom. The first-order valence-electron chi connectivity index (χ1n) is 8.09. The molecule has 1 saturated carbocycles. The maximum Gasteiger partial charge on any atom is 0.230 e. The minimum absolute atomic E-state index is 0.0355. The Morgan fingerprint density at radius 1 is 1.39 bits per heavy atom. The molecule has 0 bridgehead atoms. The summed E-state index contributed by atoms with van der Waals surface area (Å²) in [6.07, 6.45) is 4.30. The van der Waals surface area contributed by atoms with Gasteiger partial charge in [0.05, 0.1) is 5.75 Å². The number of aryl methyl sites for hydroxylation is 1. The Morgan fingerprint density at radius 3 is 2.91 bits per heavy atom. The first-order chi connectivity index (χ1) is 11.2. The molecule has 0 spiro atoms. The van der Waals surface area contributed by atoms with Crippen molar-refractivity contribution >= 4 is 17.7 Å². The molecule has 0 aliphatic heterocycles. The van der Waals surface area contributed by atoms with E-state index in [1.165, 1.54) is 30.2 Å². The molecule has 1 aromatic carbocycles. The van der Waals surface area contributed by atoms with Crippen LogP contribution < -0.4 is 5.32 Å². The van der Waals surface area contributed by atoms with Crippen molar-refractivity contribution in [3.63, 3.8) is 0 Å². The minimum Gasteiger partial charge on any atom is -0.353 e. The van der Waals surface area contributed by atoms with Crippen LogP contribution in [0.3, 0.4) is 0 Å². The number of benzene rings is 1. The fraction of sp³-hybridized carbons (Fsp3) is 0.471. The van der Waals surface area contributed by atoms with E-state index in [-0.39, 0.29) is 11.9 Å². The summed E-state index contributed by atoms with van der Waals surface area (Å²) < 4.78 is 0. The summed E-state index contributed by atoms with van der Waals surface area (Å²) in [4.78, 5) is 16.4. The summed E-state index contributed by atoms with van der Waals surface area (Å²) in [5, 5.41) is 10.8. The van der Waals surface area contributed by atoms with E-state index in [2.05, 4.69) is 32.6 Å². The fourth-order valence-corrected chi connectivity index (χ4v) is 3.03. The molecule has 1 unspecified atom stereocenters. The number of aromatic nitrogens is 3. The molecule has 122 valence electrons. The maximum atomic E-state index is 12.0. The number of H-pyrrole nitrogens is 1. The second-order valence-electron chi connectivity index (χ2n) is 6.06. The molecule has 1 aliphatic rings. The average molecular weight is 330 g/mol. The van der Waals surface area contributed by atoms with Crippen molar-refractivity contribution in [1.29, 1.82) is 0 Å². The van der Waals surface area contributed by atoms with E-state index in [1.54, 1.807) is 0 Å². The van der Waals surface area contributed by atoms with E-state index in [0.717, 1.165) is 18.7 Å².